The maximum absolute atomic E-state index is 12.7. The predicted octanol–water partition coefficient (Wildman–Crippen LogP) is 3.47. The summed E-state index contributed by atoms with van der Waals surface area (Å²) in [4.78, 5) is 25.3. The van der Waals surface area contributed by atoms with E-state index >= 15 is 0 Å². The van der Waals surface area contributed by atoms with Crippen molar-refractivity contribution in [3.8, 4) is 5.75 Å². The van der Waals surface area contributed by atoms with Crippen molar-refractivity contribution in [2.75, 3.05) is 16.0 Å². The number of para-hydroxylation sites is 1. The minimum atomic E-state index is -4.80. The van der Waals surface area contributed by atoms with Crippen molar-refractivity contribution in [2.24, 2.45) is 0 Å². The van der Waals surface area contributed by atoms with Crippen LogP contribution in [0.25, 0.3) is 0 Å². The second-order valence-corrected chi connectivity index (χ2v) is 6.87. The van der Waals surface area contributed by atoms with Crippen LogP contribution in [0.4, 0.5) is 24.5 Å². The fourth-order valence-corrected chi connectivity index (χ4v) is 4.49. The third-order valence-electron chi connectivity index (χ3n) is 4.15. The van der Waals surface area contributed by atoms with Gasteiger partial charge in [-0.15, -0.1) is 24.9 Å². The zero-order chi connectivity index (χ0) is 18.5. The Morgan fingerprint density at radius 3 is 2.46 bits per heavy atom. The van der Waals surface area contributed by atoms with E-state index in [1.807, 2.05) is 0 Å². The van der Waals surface area contributed by atoms with Gasteiger partial charge in [-0.3, -0.25) is 14.5 Å². The van der Waals surface area contributed by atoms with Crippen LogP contribution in [-0.2, 0) is 14.5 Å². The molecule has 4 rings (SSSR count). The molecule has 2 heterocycles. The molecule has 0 bridgehead atoms. The Kier molecular flexibility index (Phi) is 3.65. The maximum atomic E-state index is 12.7. The average Bonchev–Trinajstić information content (AvgIpc) is 3.06. The van der Waals surface area contributed by atoms with E-state index in [0.717, 1.165) is 12.1 Å². The second-order valence-electron chi connectivity index (χ2n) is 5.70. The molecule has 5 nitrogen and oxygen atoms in total. The van der Waals surface area contributed by atoms with E-state index < -0.39 is 17.0 Å². The van der Waals surface area contributed by atoms with Crippen LogP contribution in [0.1, 0.15) is 5.56 Å². The fourth-order valence-electron chi connectivity index (χ4n) is 3.18. The molecule has 0 aromatic heterocycles. The molecule has 0 aliphatic carbocycles. The molecule has 1 atom stereocenters. The molecule has 1 unspecified atom stereocenters. The summed E-state index contributed by atoms with van der Waals surface area (Å²) in [5.41, 5.74) is 1.58. The zero-order valence-corrected chi connectivity index (χ0v) is 13.9. The molecule has 1 fully saturated rings. The zero-order valence-electron chi connectivity index (χ0n) is 13.0. The Morgan fingerprint density at radius 2 is 1.77 bits per heavy atom. The number of hydrogen-bond donors (Lipinski definition) is 1. The van der Waals surface area contributed by atoms with E-state index in [0.29, 0.717) is 16.9 Å². The molecule has 2 aromatic rings. The lowest BCUT2D eigenvalue weighted by Crippen LogP contribution is -2.47. The van der Waals surface area contributed by atoms with Crippen LogP contribution < -0.4 is 15.0 Å². The summed E-state index contributed by atoms with van der Waals surface area (Å²) < 4.78 is 40.8. The molecule has 26 heavy (non-hydrogen) atoms. The standard InChI is InChI=1S/C17H11F3N2O3S/c18-17(19,20)25-11-7-5-10(6-8-11)22-14(23)9-26-16(22)12-3-1-2-4-13(12)21-15(16)24/h1-8H,9H2,(H,21,24). The second kappa shape index (κ2) is 5.66. The third-order valence-corrected chi connectivity index (χ3v) is 5.54. The van der Waals surface area contributed by atoms with Crippen LogP contribution in [0.5, 0.6) is 5.75 Å². The number of carbonyl (C=O) groups is 2. The van der Waals surface area contributed by atoms with E-state index in [1.54, 1.807) is 24.3 Å². The lowest BCUT2D eigenvalue weighted by Gasteiger charge is -2.32. The van der Waals surface area contributed by atoms with Crippen LogP contribution in [0, 0.1) is 0 Å². The van der Waals surface area contributed by atoms with Gasteiger partial charge in [0.15, 0.2) is 0 Å². The number of rotatable bonds is 2. The van der Waals surface area contributed by atoms with E-state index in [9.17, 15) is 22.8 Å². The summed E-state index contributed by atoms with van der Waals surface area (Å²) in [7, 11) is 0. The number of thioether (sulfide) groups is 1. The van der Waals surface area contributed by atoms with Crippen molar-refractivity contribution in [3.05, 3.63) is 54.1 Å². The van der Waals surface area contributed by atoms with E-state index in [2.05, 4.69) is 10.1 Å². The topological polar surface area (TPSA) is 58.6 Å². The third kappa shape index (κ3) is 2.50. The highest BCUT2D eigenvalue weighted by molar-refractivity contribution is 8.02. The number of nitrogens with zero attached hydrogens (tertiary/aromatic N) is 1. The minimum Gasteiger partial charge on any atom is -0.406 e. The lowest BCUT2D eigenvalue weighted by atomic mass is 10.0. The Balaban J connectivity index is 1.76. The first kappa shape index (κ1) is 16.8. The number of nitrogens with one attached hydrogen (secondary N) is 1. The summed E-state index contributed by atoms with van der Waals surface area (Å²) >= 11 is 1.18. The first-order valence-corrected chi connectivity index (χ1v) is 8.53. The largest absolute Gasteiger partial charge is 0.573 e. The first-order chi connectivity index (χ1) is 12.3. The quantitative estimate of drug-likeness (QED) is 0.867. The van der Waals surface area contributed by atoms with E-state index in [1.165, 1.54) is 28.8 Å². The molecule has 2 aliphatic rings. The highest BCUT2D eigenvalue weighted by Crippen LogP contribution is 2.53. The Morgan fingerprint density at radius 1 is 1.08 bits per heavy atom. The van der Waals surface area contributed by atoms with Crippen LogP contribution in [0.15, 0.2) is 48.5 Å². The SMILES string of the molecule is O=C1CSC2(C(=O)Nc3ccccc32)N1c1ccc(OC(F)(F)F)cc1. The summed E-state index contributed by atoms with van der Waals surface area (Å²) in [6, 6.07) is 11.9. The van der Waals surface area contributed by atoms with Gasteiger partial charge in [0.05, 0.1) is 5.75 Å². The molecule has 2 amide bonds. The number of alkyl halides is 3. The number of hydrogen-bond acceptors (Lipinski definition) is 4. The van der Waals surface area contributed by atoms with Gasteiger partial charge < -0.3 is 10.1 Å². The molecule has 1 spiro atoms. The van der Waals surface area contributed by atoms with Gasteiger partial charge in [0.1, 0.15) is 5.75 Å². The van der Waals surface area contributed by atoms with Gasteiger partial charge in [-0.1, -0.05) is 18.2 Å². The minimum absolute atomic E-state index is 0.0859. The molecule has 2 aromatic carbocycles. The highest BCUT2D eigenvalue weighted by atomic mass is 32.2. The van der Waals surface area contributed by atoms with Crippen LogP contribution in [0.3, 0.4) is 0 Å². The van der Waals surface area contributed by atoms with Gasteiger partial charge in [-0.2, -0.15) is 0 Å². The fraction of sp³-hybridized carbons (Fsp3) is 0.176. The average molecular weight is 380 g/mol. The summed E-state index contributed by atoms with van der Waals surface area (Å²) in [6.45, 7) is 0. The Hall–Kier alpha value is -2.68. The molecule has 0 radical (unpaired) electrons. The molecule has 1 saturated heterocycles. The number of benzene rings is 2. The number of fused-ring (bicyclic) bond motifs is 2. The van der Waals surface area contributed by atoms with Crippen LogP contribution in [-0.4, -0.2) is 23.9 Å². The molecule has 2 aliphatic heterocycles. The number of anilines is 2. The van der Waals surface area contributed by atoms with Gasteiger partial charge in [0.25, 0.3) is 5.91 Å². The lowest BCUT2D eigenvalue weighted by molar-refractivity contribution is -0.274. The van der Waals surface area contributed by atoms with Crippen molar-refractivity contribution in [3.63, 3.8) is 0 Å². The van der Waals surface area contributed by atoms with Gasteiger partial charge in [0, 0.05) is 16.9 Å². The Labute approximate surface area is 150 Å². The number of amides is 2. The predicted molar refractivity (Wildman–Crippen MR) is 89.8 cm³/mol. The van der Waals surface area contributed by atoms with Crippen LogP contribution >= 0.6 is 11.8 Å². The van der Waals surface area contributed by atoms with E-state index in [-0.39, 0.29) is 17.6 Å². The molecule has 9 heteroatoms. The van der Waals surface area contributed by atoms with Crippen molar-refractivity contribution < 1.29 is 27.5 Å². The number of carbonyl (C=O) groups excluding carboxylic acids is 2. The van der Waals surface area contributed by atoms with E-state index in [4.69, 9.17) is 0 Å². The Bertz CT molecular complexity index is 901. The van der Waals surface area contributed by atoms with Gasteiger partial charge >= 0.3 is 6.36 Å². The summed E-state index contributed by atoms with van der Waals surface area (Å²) in [6.07, 6.45) is -4.80. The first-order valence-electron chi connectivity index (χ1n) is 7.55. The molecular weight excluding hydrogens is 369 g/mol. The van der Waals surface area contributed by atoms with Gasteiger partial charge in [-0.05, 0) is 30.3 Å². The monoisotopic (exact) mass is 380 g/mol. The normalized spacial score (nSPS) is 21.9. The molecular formula is C17H11F3N2O3S. The number of halogens is 3. The molecule has 1 N–H and O–H groups in total. The van der Waals surface area contributed by atoms with Crippen molar-refractivity contribution in [2.45, 2.75) is 11.2 Å². The van der Waals surface area contributed by atoms with Gasteiger partial charge in [0.2, 0.25) is 10.8 Å². The summed E-state index contributed by atoms with van der Waals surface area (Å²) in [5, 5.41) is 2.77. The molecule has 0 saturated carbocycles. The summed E-state index contributed by atoms with van der Waals surface area (Å²) in [5.74, 6) is -0.967. The number of ether oxygens (including phenoxy) is 1. The van der Waals surface area contributed by atoms with Gasteiger partial charge in [-0.25, -0.2) is 0 Å². The molecule has 134 valence electrons. The smallest absolute Gasteiger partial charge is 0.406 e. The van der Waals surface area contributed by atoms with Crippen molar-refractivity contribution in [1.82, 2.24) is 0 Å². The highest BCUT2D eigenvalue weighted by Gasteiger charge is 2.58. The van der Waals surface area contributed by atoms with Crippen molar-refractivity contribution >= 4 is 35.0 Å². The van der Waals surface area contributed by atoms with Crippen molar-refractivity contribution in [1.29, 1.82) is 0 Å². The maximum Gasteiger partial charge on any atom is 0.573 e. The van der Waals surface area contributed by atoms with Crippen LogP contribution in [0.2, 0.25) is 0 Å².